The third-order valence-corrected chi connectivity index (χ3v) is 2.71. The van der Waals surface area contributed by atoms with Crippen molar-refractivity contribution in [3.63, 3.8) is 0 Å². The van der Waals surface area contributed by atoms with Gasteiger partial charge in [0.2, 0.25) is 0 Å². The van der Waals surface area contributed by atoms with E-state index in [2.05, 4.69) is 11.9 Å². The number of rotatable bonds is 2. The second-order valence-electron chi connectivity index (χ2n) is 2.61. The Morgan fingerprint density at radius 2 is 2.50 bits per heavy atom. The lowest BCUT2D eigenvalue weighted by Gasteiger charge is -2.18. The summed E-state index contributed by atoms with van der Waals surface area (Å²) in [6.45, 7) is 4.08. The van der Waals surface area contributed by atoms with Gasteiger partial charge in [-0.3, -0.25) is 0 Å². The summed E-state index contributed by atoms with van der Waals surface area (Å²) in [7, 11) is 0. The highest BCUT2D eigenvalue weighted by molar-refractivity contribution is 7.09. The third-order valence-electron chi connectivity index (χ3n) is 1.66. The zero-order valence-corrected chi connectivity index (χ0v) is 7.11. The highest BCUT2D eigenvalue weighted by Crippen LogP contribution is 2.22. The maximum atomic E-state index is 5.93. The van der Waals surface area contributed by atoms with E-state index in [0.29, 0.717) is 0 Å². The average Bonchev–Trinajstić information content (AvgIpc) is 2.38. The van der Waals surface area contributed by atoms with Gasteiger partial charge < -0.3 is 5.73 Å². The van der Waals surface area contributed by atoms with Gasteiger partial charge in [0, 0.05) is 11.6 Å². The largest absolute Gasteiger partial charge is 0.320 e. The van der Waals surface area contributed by atoms with Crippen LogP contribution in [-0.2, 0) is 5.54 Å². The first-order chi connectivity index (χ1) is 4.67. The fraction of sp³-hybridized carbons (Fsp3) is 0.571. The molecule has 0 aliphatic rings. The Morgan fingerprint density at radius 1 is 1.80 bits per heavy atom. The fourth-order valence-corrected chi connectivity index (χ4v) is 1.44. The number of nitrogens with two attached hydrogens (primary N) is 1. The molecule has 1 aromatic heterocycles. The fourth-order valence-electron chi connectivity index (χ4n) is 0.657. The molecule has 10 heavy (non-hydrogen) atoms. The van der Waals surface area contributed by atoms with E-state index in [0.717, 1.165) is 11.4 Å². The van der Waals surface area contributed by atoms with Crippen LogP contribution in [-0.4, -0.2) is 4.98 Å². The minimum atomic E-state index is -0.228. The van der Waals surface area contributed by atoms with E-state index in [1.165, 1.54) is 0 Å². The Morgan fingerprint density at radius 3 is 2.90 bits per heavy atom. The molecule has 0 saturated carbocycles. The molecular formula is C7H12N2S. The summed E-state index contributed by atoms with van der Waals surface area (Å²) in [5.74, 6) is 0. The van der Waals surface area contributed by atoms with Crippen molar-refractivity contribution in [3.8, 4) is 0 Å². The van der Waals surface area contributed by atoms with Crippen molar-refractivity contribution in [3.05, 3.63) is 16.6 Å². The molecule has 0 saturated heterocycles. The van der Waals surface area contributed by atoms with Crippen LogP contribution in [0.15, 0.2) is 11.6 Å². The standard InChI is InChI=1S/C7H12N2S/c1-3-7(2,8)6-9-4-5-10-6/h4-5H,3,8H2,1-2H3/t7-/m0/s1. The van der Waals surface area contributed by atoms with Crippen LogP contribution in [0, 0.1) is 0 Å². The van der Waals surface area contributed by atoms with Crippen LogP contribution >= 0.6 is 11.3 Å². The van der Waals surface area contributed by atoms with E-state index >= 15 is 0 Å². The molecule has 0 aliphatic heterocycles. The summed E-state index contributed by atoms with van der Waals surface area (Å²) in [4.78, 5) is 4.15. The number of aromatic nitrogens is 1. The van der Waals surface area contributed by atoms with Crippen molar-refractivity contribution in [1.82, 2.24) is 4.98 Å². The summed E-state index contributed by atoms with van der Waals surface area (Å²) in [6, 6.07) is 0. The van der Waals surface area contributed by atoms with Gasteiger partial charge in [-0.2, -0.15) is 0 Å². The molecule has 0 aromatic carbocycles. The van der Waals surface area contributed by atoms with Gasteiger partial charge in [0.25, 0.3) is 0 Å². The highest BCUT2D eigenvalue weighted by Gasteiger charge is 2.20. The first-order valence-electron chi connectivity index (χ1n) is 3.35. The van der Waals surface area contributed by atoms with Gasteiger partial charge in [0.15, 0.2) is 0 Å². The van der Waals surface area contributed by atoms with Gasteiger partial charge in [0.1, 0.15) is 5.01 Å². The molecule has 0 spiro atoms. The molecule has 1 atom stereocenters. The van der Waals surface area contributed by atoms with E-state index in [4.69, 9.17) is 5.73 Å². The Kier molecular flexibility index (Phi) is 2.06. The monoisotopic (exact) mass is 156 g/mol. The molecule has 0 aliphatic carbocycles. The topological polar surface area (TPSA) is 38.9 Å². The first kappa shape index (κ1) is 7.69. The van der Waals surface area contributed by atoms with Crippen molar-refractivity contribution in [2.24, 2.45) is 5.73 Å². The first-order valence-corrected chi connectivity index (χ1v) is 4.23. The summed E-state index contributed by atoms with van der Waals surface area (Å²) in [6.07, 6.45) is 2.72. The van der Waals surface area contributed by atoms with E-state index in [-0.39, 0.29) is 5.54 Å². The number of thiazole rings is 1. The normalized spacial score (nSPS) is 16.7. The van der Waals surface area contributed by atoms with E-state index < -0.39 is 0 Å². The molecule has 1 rings (SSSR count). The second kappa shape index (κ2) is 2.68. The van der Waals surface area contributed by atoms with E-state index in [1.807, 2.05) is 12.3 Å². The summed E-state index contributed by atoms with van der Waals surface area (Å²) in [5.41, 5.74) is 5.70. The third kappa shape index (κ3) is 1.36. The number of hydrogen-bond acceptors (Lipinski definition) is 3. The predicted octanol–water partition coefficient (Wildman–Crippen LogP) is 1.73. The molecule has 0 fully saturated rings. The maximum absolute atomic E-state index is 5.93. The number of nitrogens with zero attached hydrogens (tertiary/aromatic N) is 1. The Hall–Kier alpha value is -0.410. The van der Waals surface area contributed by atoms with Crippen LogP contribution in [0.25, 0.3) is 0 Å². The van der Waals surface area contributed by atoms with Crippen LogP contribution in [0.4, 0.5) is 0 Å². The Bertz CT molecular complexity index is 191. The summed E-state index contributed by atoms with van der Waals surface area (Å²) < 4.78 is 0. The SMILES string of the molecule is CC[C@](C)(N)c1nccs1. The molecule has 0 bridgehead atoms. The minimum absolute atomic E-state index is 0.228. The molecule has 2 N–H and O–H groups in total. The van der Waals surface area contributed by atoms with Gasteiger partial charge in [-0.15, -0.1) is 11.3 Å². The van der Waals surface area contributed by atoms with Crippen LogP contribution in [0.5, 0.6) is 0 Å². The van der Waals surface area contributed by atoms with Crippen molar-refractivity contribution >= 4 is 11.3 Å². The molecule has 56 valence electrons. The lowest BCUT2D eigenvalue weighted by Crippen LogP contribution is -2.31. The molecule has 3 heteroatoms. The van der Waals surface area contributed by atoms with Gasteiger partial charge in [-0.05, 0) is 13.3 Å². The molecular weight excluding hydrogens is 144 g/mol. The maximum Gasteiger partial charge on any atom is 0.112 e. The summed E-state index contributed by atoms with van der Waals surface area (Å²) >= 11 is 1.62. The molecule has 1 aromatic rings. The zero-order valence-electron chi connectivity index (χ0n) is 6.29. The highest BCUT2D eigenvalue weighted by atomic mass is 32.1. The van der Waals surface area contributed by atoms with Crippen LogP contribution in [0.1, 0.15) is 25.3 Å². The predicted molar refractivity (Wildman–Crippen MR) is 43.9 cm³/mol. The van der Waals surface area contributed by atoms with Crippen molar-refractivity contribution in [1.29, 1.82) is 0 Å². The Balaban J connectivity index is 2.85. The van der Waals surface area contributed by atoms with Crippen molar-refractivity contribution in [2.75, 3.05) is 0 Å². The van der Waals surface area contributed by atoms with Gasteiger partial charge in [-0.25, -0.2) is 4.98 Å². The molecule has 0 radical (unpaired) electrons. The summed E-state index contributed by atoms with van der Waals surface area (Å²) in [5, 5.41) is 2.98. The lowest BCUT2D eigenvalue weighted by molar-refractivity contribution is 0.474. The van der Waals surface area contributed by atoms with E-state index in [9.17, 15) is 0 Å². The zero-order chi connectivity index (χ0) is 7.61. The number of hydrogen-bond donors (Lipinski definition) is 1. The molecule has 0 unspecified atom stereocenters. The van der Waals surface area contributed by atoms with Crippen LogP contribution in [0.2, 0.25) is 0 Å². The van der Waals surface area contributed by atoms with Crippen molar-refractivity contribution < 1.29 is 0 Å². The second-order valence-corrected chi connectivity index (χ2v) is 3.50. The molecule has 2 nitrogen and oxygen atoms in total. The van der Waals surface area contributed by atoms with Crippen molar-refractivity contribution in [2.45, 2.75) is 25.8 Å². The van der Waals surface area contributed by atoms with Crippen LogP contribution < -0.4 is 5.73 Å². The average molecular weight is 156 g/mol. The quantitative estimate of drug-likeness (QED) is 0.708. The van der Waals surface area contributed by atoms with Gasteiger partial charge in [0.05, 0.1) is 5.54 Å². The minimum Gasteiger partial charge on any atom is -0.320 e. The molecule has 0 amide bonds. The van der Waals surface area contributed by atoms with Crippen LogP contribution in [0.3, 0.4) is 0 Å². The van der Waals surface area contributed by atoms with Gasteiger partial charge >= 0.3 is 0 Å². The Labute approximate surface area is 65.1 Å². The smallest absolute Gasteiger partial charge is 0.112 e. The van der Waals surface area contributed by atoms with Gasteiger partial charge in [-0.1, -0.05) is 6.92 Å². The lowest BCUT2D eigenvalue weighted by atomic mass is 10.0. The van der Waals surface area contributed by atoms with E-state index in [1.54, 1.807) is 17.5 Å². The molecule has 1 heterocycles.